The number of rotatable bonds is 26. The summed E-state index contributed by atoms with van der Waals surface area (Å²) in [4.78, 5) is 13.3. The fourth-order valence-electron chi connectivity index (χ4n) is 5.84. The minimum Gasteiger partial charge on any atom is -0.508 e. The molecule has 0 aromatic heterocycles. The number of hydrogen-bond acceptors (Lipinski definition) is 10. The van der Waals surface area contributed by atoms with Crippen LogP contribution in [0.5, 0.6) is 23.0 Å². The molecule has 0 fully saturated rings. The lowest BCUT2D eigenvalue weighted by Crippen LogP contribution is -2.19. The predicted octanol–water partition coefficient (Wildman–Crippen LogP) is 8.44. The third kappa shape index (κ3) is 18.5. The summed E-state index contributed by atoms with van der Waals surface area (Å²) in [5, 5.41) is 20.7. The van der Waals surface area contributed by atoms with Crippen LogP contribution in [0.25, 0.3) is 0 Å². The van der Waals surface area contributed by atoms with E-state index < -0.39 is 26.8 Å². The maximum atomic E-state index is 13.3. The summed E-state index contributed by atoms with van der Waals surface area (Å²) in [5.41, 5.74) is 1.19. The van der Waals surface area contributed by atoms with Gasteiger partial charge < -0.3 is 23.3 Å². The maximum absolute atomic E-state index is 13.3. The molecule has 0 radical (unpaired) electrons. The zero-order valence-corrected chi connectivity index (χ0v) is 30.4. The topological polar surface area (TPSA) is 194 Å². The molecule has 49 heavy (non-hydrogen) atoms. The van der Waals surface area contributed by atoms with Crippen LogP contribution < -0.4 is 8.37 Å². The van der Waals surface area contributed by atoms with Crippen LogP contribution in [0.4, 0.5) is 0 Å². The van der Waals surface area contributed by atoms with Crippen LogP contribution >= 0.6 is 0 Å². The number of phenols is 2. The van der Waals surface area contributed by atoms with E-state index in [0.29, 0.717) is 43.2 Å². The van der Waals surface area contributed by atoms with E-state index in [2.05, 4.69) is 15.3 Å². The fourth-order valence-corrected chi connectivity index (χ4v) is 6.52. The van der Waals surface area contributed by atoms with Crippen molar-refractivity contribution >= 4 is 26.8 Å². The fraction of sp³-hybridized carbons (Fsp3) is 0.629. The lowest BCUT2D eigenvalue weighted by atomic mass is 9.98. The molecule has 14 heteroatoms. The van der Waals surface area contributed by atoms with Gasteiger partial charge in [0.1, 0.15) is 29.1 Å². The van der Waals surface area contributed by atoms with E-state index >= 15 is 0 Å². The van der Waals surface area contributed by atoms with E-state index in [1.807, 2.05) is 6.92 Å². The van der Waals surface area contributed by atoms with Crippen LogP contribution in [0.2, 0.25) is 0 Å². The highest BCUT2D eigenvalue weighted by molar-refractivity contribution is 7.81. The van der Waals surface area contributed by atoms with Gasteiger partial charge in [0.05, 0.1) is 5.56 Å². The van der Waals surface area contributed by atoms with Crippen LogP contribution in [-0.2, 0) is 38.4 Å². The second kappa shape index (κ2) is 21.9. The first-order valence-electron chi connectivity index (χ1n) is 17.4. The molecule has 278 valence electrons. The molecule has 0 saturated heterocycles. The van der Waals surface area contributed by atoms with E-state index in [4.69, 9.17) is 13.8 Å². The normalized spacial score (nSPS) is 12.5. The van der Waals surface area contributed by atoms with Gasteiger partial charge in [-0.15, -0.1) is 0 Å². The molecule has 0 aliphatic rings. The van der Waals surface area contributed by atoms with E-state index in [0.717, 1.165) is 57.4 Å². The van der Waals surface area contributed by atoms with Crippen LogP contribution in [0.3, 0.4) is 0 Å². The quantitative estimate of drug-likeness (QED) is 0.0410. The van der Waals surface area contributed by atoms with E-state index in [1.165, 1.54) is 62.8 Å². The number of carbonyl (C=O) groups is 1. The van der Waals surface area contributed by atoms with Crippen molar-refractivity contribution in [3.63, 3.8) is 0 Å². The molecule has 0 saturated carbocycles. The van der Waals surface area contributed by atoms with Gasteiger partial charge in [-0.25, -0.2) is 4.79 Å². The van der Waals surface area contributed by atoms with Gasteiger partial charge >= 0.3 is 26.8 Å². The van der Waals surface area contributed by atoms with Crippen molar-refractivity contribution in [1.82, 2.24) is 0 Å². The van der Waals surface area contributed by atoms with Crippen molar-refractivity contribution in [3.05, 3.63) is 47.0 Å². The number of esters is 1. The van der Waals surface area contributed by atoms with Crippen molar-refractivity contribution in [2.45, 2.75) is 142 Å². The summed E-state index contributed by atoms with van der Waals surface area (Å²) in [7, 11) is -9.72. The minimum atomic E-state index is -4.86. The van der Waals surface area contributed by atoms with E-state index in [9.17, 15) is 31.8 Å². The maximum Gasteiger partial charge on any atom is 0.446 e. The molecule has 0 aliphatic heterocycles. The van der Waals surface area contributed by atoms with E-state index in [1.54, 1.807) is 0 Å². The summed E-state index contributed by atoms with van der Waals surface area (Å²) in [6.07, 6.45) is 17.2. The predicted molar refractivity (Wildman–Crippen MR) is 187 cm³/mol. The molecule has 0 unspecified atom stereocenters. The Morgan fingerprint density at radius 1 is 0.633 bits per heavy atom. The monoisotopic (exact) mass is 730 g/mol. The first kappa shape index (κ1) is 42.1. The van der Waals surface area contributed by atoms with Gasteiger partial charge in [-0.2, -0.15) is 16.8 Å². The Morgan fingerprint density at radius 3 is 1.67 bits per heavy atom. The molecule has 0 spiro atoms. The van der Waals surface area contributed by atoms with Gasteiger partial charge in [0.25, 0.3) is 0 Å². The molecule has 2 rings (SSSR count). The van der Waals surface area contributed by atoms with Crippen molar-refractivity contribution in [3.8, 4) is 23.0 Å². The highest BCUT2D eigenvalue weighted by Gasteiger charge is 2.21. The van der Waals surface area contributed by atoms with Crippen molar-refractivity contribution in [1.29, 1.82) is 0 Å². The van der Waals surface area contributed by atoms with Gasteiger partial charge in [-0.1, -0.05) is 90.9 Å². The first-order chi connectivity index (χ1) is 23.2. The highest BCUT2D eigenvalue weighted by atomic mass is 32.3. The molecule has 2 aromatic rings. The Labute approximate surface area is 292 Å². The second-order valence-electron chi connectivity index (χ2n) is 12.5. The lowest BCUT2D eigenvalue weighted by molar-refractivity contribution is 0.0251. The molecule has 12 nitrogen and oxygen atoms in total. The van der Waals surface area contributed by atoms with Crippen molar-refractivity contribution in [2.75, 3.05) is 0 Å². The summed E-state index contributed by atoms with van der Waals surface area (Å²) in [6, 6.07) is 6.19. The average molecular weight is 731 g/mol. The van der Waals surface area contributed by atoms with Crippen LogP contribution in [0.1, 0.15) is 144 Å². The Balaban J connectivity index is 1.84. The molecule has 0 bridgehead atoms. The first-order valence-corrected chi connectivity index (χ1v) is 20.2. The van der Waals surface area contributed by atoms with Gasteiger partial charge in [0, 0.05) is 17.7 Å². The number of aryl methyl sites for hydroxylation is 1. The third-order valence-corrected chi connectivity index (χ3v) is 8.99. The van der Waals surface area contributed by atoms with Gasteiger partial charge in [0.15, 0.2) is 0 Å². The minimum absolute atomic E-state index is 0.0987. The number of phenolic OH excluding ortho intramolecular Hbond substituents is 2. The second-order valence-corrected chi connectivity index (χ2v) is 14.6. The lowest BCUT2D eigenvalue weighted by Gasteiger charge is -2.19. The summed E-state index contributed by atoms with van der Waals surface area (Å²) in [5.74, 6) is -1.57. The molecule has 0 heterocycles. The standard InChI is InChI=1S/C35H54O12S2/c1-3-5-6-7-8-9-10-14-17-21-32-33(24-28(36)25-34(32)37)35(38)45-29(18-4-2)20-16-13-11-12-15-19-27-22-30(46-48(39,40)41)26-31(23-27)47-49(42,43)44/h22-26,29,36-37H,3-21H2,1-2H3,(H,39,40,41)(H,42,43,44)/t29-/m0/s1. The summed E-state index contributed by atoms with van der Waals surface area (Å²) >= 11 is 0. The average Bonchev–Trinajstić information content (AvgIpc) is 2.98. The third-order valence-electron chi connectivity index (χ3n) is 8.18. The Morgan fingerprint density at radius 2 is 1.14 bits per heavy atom. The number of hydrogen-bond donors (Lipinski definition) is 4. The molecule has 0 aliphatic carbocycles. The van der Waals surface area contributed by atoms with Gasteiger partial charge in [0.2, 0.25) is 0 Å². The molecule has 1 atom stereocenters. The molecular formula is C35H54O12S2. The van der Waals surface area contributed by atoms with Crippen LogP contribution in [0.15, 0.2) is 30.3 Å². The highest BCUT2D eigenvalue weighted by Crippen LogP contribution is 2.31. The molecule has 2 aromatic carbocycles. The summed E-state index contributed by atoms with van der Waals surface area (Å²) < 4.78 is 77.1. The molecule has 0 amide bonds. The zero-order chi connectivity index (χ0) is 36.3. The molecule has 4 N–H and O–H groups in total. The number of carbonyl (C=O) groups excluding carboxylic acids is 1. The van der Waals surface area contributed by atoms with Crippen molar-refractivity contribution < 1.29 is 54.1 Å². The molecular weight excluding hydrogens is 677 g/mol. The zero-order valence-electron chi connectivity index (χ0n) is 28.8. The smallest absolute Gasteiger partial charge is 0.446 e. The Bertz CT molecular complexity index is 1450. The van der Waals surface area contributed by atoms with Gasteiger partial charge in [-0.05, 0) is 68.7 Å². The SMILES string of the molecule is CCCCCCCCCCCc1c(O)cc(O)cc1C(=O)O[C@@H](CCC)CCCCCCCc1cc(OS(=O)(=O)O)cc(OS(=O)(=O)O)c1. The number of benzene rings is 2. The Kier molecular flexibility index (Phi) is 18.8. The summed E-state index contributed by atoms with van der Waals surface area (Å²) in [6.45, 7) is 4.22. The number of aromatic hydroxyl groups is 2. The van der Waals surface area contributed by atoms with Crippen LogP contribution in [-0.4, -0.2) is 48.2 Å². The largest absolute Gasteiger partial charge is 0.508 e. The van der Waals surface area contributed by atoms with Crippen LogP contribution in [0, 0.1) is 0 Å². The number of ether oxygens (including phenoxy) is 1. The van der Waals surface area contributed by atoms with Crippen molar-refractivity contribution in [2.24, 2.45) is 0 Å². The van der Waals surface area contributed by atoms with Gasteiger partial charge in [-0.3, -0.25) is 9.11 Å². The Hall–Kier alpha value is -3.07. The number of unbranched alkanes of at least 4 members (excludes halogenated alkanes) is 12. The van der Waals surface area contributed by atoms with E-state index in [-0.39, 0.29) is 34.7 Å².